The third-order valence-corrected chi connectivity index (χ3v) is 7.03. The summed E-state index contributed by atoms with van der Waals surface area (Å²) in [5, 5.41) is 12.4. The van der Waals surface area contributed by atoms with E-state index in [4.69, 9.17) is 4.74 Å². The lowest BCUT2D eigenvalue weighted by Crippen LogP contribution is -2.31. The van der Waals surface area contributed by atoms with Crippen LogP contribution in [0.15, 0.2) is 41.6 Å². The SMILES string of the molecule is COc1cc2nn(C3CCC(CO)CC3)cc2cc1N1CC=CC=C1S(F)(F)(F)(F)F. The molecule has 1 aliphatic heterocycles. The van der Waals surface area contributed by atoms with E-state index in [9.17, 15) is 24.5 Å². The van der Waals surface area contributed by atoms with E-state index in [-0.39, 0.29) is 36.5 Å². The van der Waals surface area contributed by atoms with Gasteiger partial charge in [0, 0.05) is 30.8 Å². The van der Waals surface area contributed by atoms with Gasteiger partial charge in [-0.05, 0) is 43.7 Å². The van der Waals surface area contributed by atoms with Crippen LogP contribution < -0.4 is 9.64 Å². The summed E-state index contributed by atoms with van der Waals surface area (Å²) in [6.07, 6.45) is 7.88. The Hall–Kier alpha value is -2.27. The highest BCUT2D eigenvalue weighted by atomic mass is 32.5. The molecule has 1 aliphatic carbocycles. The maximum atomic E-state index is 13.7. The Balaban J connectivity index is 1.73. The molecule has 0 radical (unpaired) electrons. The number of ether oxygens (including phenoxy) is 1. The standard InChI is InChI=1S/C20H24F5N3O2S/c1-30-19-11-17-15(12-28(26-17)16-7-5-14(13-29)6-8-16)10-18(19)27-9-3-2-4-20(27)31(21,22,23,24)25/h2-4,10-12,14,16,29H,5-9,13H2,1H3. The van der Waals surface area contributed by atoms with Crippen molar-refractivity contribution in [2.75, 3.05) is 25.2 Å². The van der Waals surface area contributed by atoms with Gasteiger partial charge in [0.2, 0.25) is 0 Å². The van der Waals surface area contributed by atoms with Crippen molar-refractivity contribution in [3.8, 4) is 5.75 Å². The van der Waals surface area contributed by atoms with Crippen molar-refractivity contribution in [3.05, 3.63) is 41.6 Å². The average Bonchev–Trinajstić information content (AvgIpc) is 3.14. The minimum Gasteiger partial charge on any atom is -0.494 e. The number of benzene rings is 1. The van der Waals surface area contributed by atoms with E-state index >= 15 is 0 Å². The number of anilines is 1. The van der Waals surface area contributed by atoms with Crippen molar-refractivity contribution in [1.29, 1.82) is 0 Å². The van der Waals surface area contributed by atoms with Crippen LogP contribution in [0.3, 0.4) is 0 Å². The minimum atomic E-state index is -9.92. The second-order valence-electron chi connectivity index (χ2n) is 8.06. The Kier molecular flexibility index (Phi) is 4.86. The van der Waals surface area contributed by atoms with Gasteiger partial charge in [0.1, 0.15) is 5.75 Å². The number of fused-ring (bicyclic) bond motifs is 1. The Bertz CT molecular complexity index is 1060. The molecule has 11 heteroatoms. The normalized spacial score (nSPS) is 24.6. The molecular weight excluding hydrogens is 441 g/mol. The molecule has 0 bridgehead atoms. The Morgan fingerprint density at radius 1 is 1.13 bits per heavy atom. The molecule has 31 heavy (non-hydrogen) atoms. The summed E-state index contributed by atoms with van der Waals surface area (Å²) >= 11 is 0. The van der Waals surface area contributed by atoms with Gasteiger partial charge in [-0.2, -0.15) is 5.10 Å². The first kappa shape index (κ1) is 21.9. The summed E-state index contributed by atoms with van der Waals surface area (Å²) in [6.45, 7) is -0.209. The molecule has 2 aromatic rings. The molecule has 0 atom stereocenters. The summed E-state index contributed by atoms with van der Waals surface area (Å²) in [6, 6.07) is 3.00. The van der Waals surface area contributed by atoms with E-state index in [1.54, 1.807) is 10.9 Å². The van der Waals surface area contributed by atoms with Gasteiger partial charge in [-0.15, -0.1) is 0 Å². The van der Waals surface area contributed by atoms with E-state index in [1.165, 1.54) is 25.3 Å². The lowest BCUT2D eigenvalue weighted by atomic mass is 9.87. The van der Waals surface area contributed by atoms with Gasteiger partial charge < -0.3 is 14.7 Å². The molecule has 1 N–H and O–H groups in total. The van der Waals surface area contributed by atoms with Gasteiger partial charge in [0.15, 0.2) is 5.03 Å². The first-order valence-electron chi connectivity index (χ1n) is 9.96. The van der Waals surface area contributed by atoms with E-state index < -0.39 is 15.3 Å². The molecule has 2 heterocycles. The van der Waals surface area contributed by atoms with Gasteiger partial charge in [-0.25, -0.2) is 0 Å². The van der Waals surface area contributed by atoms with Crippen LogP contribution in [0.4, 0.5) is 25.1 Å². The number of aliphatic hydroxyl groups is 1. The molecule has 5 nitrogen and oxygen atoms in total. The Morgan fingerprint density at radius 2 is 1.84 bits per heavy atom. The highest BCUT2D eigenvalue weighted by molar-refractivity contribution is 8.48. The summed E-state index contributed by atoms with van der Waals surface area (Å²) in [5.41, 5.74) is 0.415. The van der Waals surface area contributed by atoms with Crippen molar-refractivity contribution in [2.45, 2.75) is 31.7 Å². The van der Waals surface area contributed by atoms with E-state index in [0.717, 1.165) is 31.8 Å². The maximum absolute atomic E-state index is 13.7. The Morgan fingerprint density at radius 3 is 2.45 bits per heavy atom. The number of hydrogen-bond donors (Lipinski definition) is 1. The smallest absolute Gasteiger partial charge is 0.324 e. The zero-order valence-corrected chi connectivity index (χ0v) is 17.7. The van der Waals surface area contributed by atoms with Crippen LogP contribution in [0, 0.1) is 5.92 Å². The zero-order chi connectivity index (χ0) is 22.5. The maximum Gasteiger partial charge on any atom is 0.324 e. The van der Waals surface area contributed by atoms with E-state index in [2.05, 4.69) is 5.10 Å². The lowest BCUT2D eigenvalue weighted by Gasteiger charge is -2.47. The van der Waals surface area contributed by atoms with Crippen molar-refractivity contribution in [2.24, 2.45) is 5.92 Å². The fourth-order valence-electron chi connectivity index (χ4n) is 4.26. The summed E-state index contributed by atoms with van der Waals surface area (Å²) in [7, 11) is -8.65. The zero-order valence-electron chi connectivity index (χ0n) is 16.9. The minimum absolute atomic E-state index is 0.0322. The lowest BCUT2D eigenvalue weighted by molar-refractivity contribution is 0.165. The van der Waals surface area contributed by atoms with Crippen LogP contribution in [0.2, 0.25) is 0 Å². The molecule has 0 spiro atoms. The predicted molar refractivity (Wildman–Crippen MR) is 112 cm³/mol. The number of rotatable bonds is 5. The molecule has 0 unspecified atom stereocenters. The number of nitrogens with zero attached hydrogens (tertiary/aromatic N) is 3. The average molecular weight is 465 g/mol. The molecule has 1 aromatic carbocycles. The molecule has 4 rings (SSSR count). The first-order valence-corrected chi connectivity index (χ1v) is 11.9. The van der Waals surface area contributed by atoms with Gasteiger partial charge >= 0.3 is 10.2 Å². The molecular formula is C20H24F5N3O2S. The number of aliphatic hydroxyl groups excluding tert-OH is 1. The largest absolute Gasteiger partial charge is 0.494 e. The predicted octanol–water partition coefficient (Wildman–Crippen LogP) is 6.28. The third kappa shape index (κ3) is 4.38. The van der Waals surface area contributed by atoms with Gasteiger partial charge in [0.05, 0.1) is 24.4 Å². The van der Waals surface area contributed by atoms with Crippen LogP contribution in [0.5, 0.6) is 5.75 Å². The highest BCUT2D eigenvalue weighted by Crippen LogP contribution is 3.02. The summed E-state index contributed by atoms with van der Waals surface area (Å²) < 4.78 is 75.4. The summed E-state index contributed by atoms with van der Waals surface area (Å²) in [5.74, 6) is 0.307. The molecule has 2 aliphatic rings. The molecule has 0 amide bonds. The molecule has 1 aromatic heterocycles. The quantitative estimate of drug-likeness (QED) is 0.528. The monoisotopic (exact) mass is 465 g/mol. The van der Waals surface area contributed by atoms with Crippen LogP contribution in [-0.4, -0.2) is 35.1 Å². The second-order valence-corrected chi connectivity index (χ2v) is 10.4. The van der Waals surface area contributed by atoms with Crippen LogP contribution in [0.1, 0.15) is 31.7 Å². The number of aromatic nitrogens is 2. The Labute approximate surface area is 176 Å². The van der Waals surface area contributed by atoms with Crippen LogP contribution in [0.25, 0.3) is 10.9 Å². The summed E-state index contributed by atoms with van der Waals surface area (Å²) in [4.78, 5) is 0.545. The van der Waals surface area contributed by atoms with Gasteiger partial charge in [-0.3, -0.25) is 4.68 Å². The fraction of sp³-hybridized carbons (Fsp3) is 0.450. The van der Waals surface area contributed by atoms with Crippen molar-refractivity contribution in [1.82, 2.24) is 9.78 Å². The molecule has 172 valence electrons. The van der Waals surface area contributed by atoms with Crippen LogP contribution >= 0.6 is 10.2 Å². The fourth-order valence-corrected chi connectivity index (χ4v) is 5.19. The highest BCUT2D eigenvalue weighted by Gasteiger charge is 2.69. The number of allylic oxidation sites excluding steroid dienone is 2. The topological polar surface area (TPSA) is 50.5 Å². The molecule has 0 saturated heterocycles. The van der Waals surface area contributed by atoms with Gasteiger partial charge in [-0.1, -0.05) is 31.6 Å². The van der Waals surface area contributed by atoms with E-state index in [0.29, 0.717) is 21.9 Å². The molecule has 1 saturated carbocycles. The van der Waals surface area contributed by atoms with Crippen molar-refractivity contribution < 1.29 is 29.3 Å². The number of methoxy groups -OCH3 is 1. The third-order valence-electron chi connectivity index (χ3n) is 5.89. The van der Waals surface area contributed by atoms with Crippen molar-refractivity contribution >= 4 is 26.8 Å². The van der Waals surface area contributed by atoms with Crippen LogP contribution in [-0.2, 0) is 0 Å². The number of hydrogen-bond acceptors (Lipinski definition) is 4. The molecule has 1 fully saturated rings. The first-order chi connectivity index (χ1) is 14.4. The van der Waals surface area contributed by atoms with E-state index in [1.807, 2.05) is 0 Å². The van der Waals surface area contributed by atoms with Gasteiger partial charge in [0.25, 0.3) is 0 Å². The van der Waals surface area contributed by atoms with Crippen molar-refractivity contribution in [3.63, 3.8) is 0 Å². The number of halogens is 5. The second kappa shape index (κ2) is 6.86.